The Balaban J connectivity index is 1.26. The van der Waals surface area contributed by atoms with Crippen molar-refractivity contribution in [3.05, 3.63) is 140 Å². The van der Waals surface area contributed by atoms with Crippen LogP contribution < -0.4 is 10.2 Å². The van der Waals surface area contributed by atoms with Crippen molar-refractivity contribution in [3.8, 4) is 0 Å². The Morgan fingerprint density at radius 1 is 0.944 bits per heavy atom. The third-order valence-electron chi connectivity index (χ3n) is 11.1. The molecule has 3 aliphatic rings. The molecule has 0 saturated carbocycles. The number of benzene rings is 4. The van der Waals surface area contributed by atoms with Crippen molar-refractivity contribution in [3.63, 3.8) is 0 Å². The zero-order chi connectivity index (χ0) is 37.8. The number of ether oxygens (including phenoxy) is 2. The van der Waals surface area contributed by atoms with E-state index in [-0.39, 0.29) is 25.5 Å². The molecule has 4 aromatic rings. The van der Waals surface area contributed by atoms with Crippen LogP contribution in [0.2, 0.25) is 0 Å². The number of aliphatic hydroxyl groups is 1. The third kappa shape index (κ3) is 6.71. The van der Waals surface area contributed by atoms with Crippen molar-refractivity contribution in [1.82, 2.24) is 10.2 Å². The minimum Gasteiger partial charge on any atom is -0.463 e. The quantitative estimate of drug-likeness (QED) is 0.117. The van der Waals surface area contributed by atoms with E-state index in [2.05, 4.69) is 18.5 Å². The number of fused-ring (bicyclic) bond motifs is 2. The zero-order valence-corrected chi connectivity index (χ0v) is 30.1. The average Bonchev–Trinajstić information content (AvgIpc) is 3.85. The van der Waals surface area contributed by atoms with Crippen molar-refractivity contribution < 1.29 is 33.8 Å². The first-order valence-electron chi connectivity index (χ1n) is 18.5. The number of nitrogens with zero attached hydrogens (tertiary/aromatic N) is 2. The summed E-state index contributed by atoms with van der Waals surface area (Å²) in [5.74, 6) is -3.59. The predicted octanol–water partition coefficient (Wildman–Crippen LogP) is 5.83. The highest BCUT2D eigenvalue weighted by Gasteiger charge is 2.75. The minimum absolute atomic E-state index is 0.107. The van der Waals surface area contributed by atoms with Crippen LogP contribution in [0.1, 0.15) is 48.9 Å². The van der Waals surface area contributed by atoms with Crippen LogP contribution in [-0.2, 0) is 28.7 Å². The molecule has 7 atom stereocenters. The SMILES string of the molecule is C=CCCC(=O)OC[C@@H](NC(=O)[C@@H]1[C@@H]2CC[C@]3(O2)[C@H](C(=O)N(CC=C)c2ccc4ccccc4c2)N([C@H](CO)c2ccccc2)C(=O)[C@@H]13)c1ccccc1. The van der Waals surface area contributed by atoms with Crippen molar-refractivity contribution in [2.24, 2.45) is 11.8 Å². The van der Waals surface area contributed by atoms with E-state index >= 15 is 9.59 Å². The van der Waals surface area contributed by atoms with E-state index in [9.17, 15) is 14.7 Å². The molecular weight excluding hydrogens is 682 g/mol. The van der Waals surface area contributed by atoms with E-state index in [1.165, 1.54) is 4.90 Å². The lowest BCUT2D eigenvalue weighted by atomic mass is 9.70. The molecule has 3 heterocycles. The zero-order valence-electron chi connectivity index (χ0n) is 30.1. The largest absolute Gasteiger partial charge is 0.463 e. The van der Waals surface area contributed by atoms with Gasteiger partial charge in [-0.25, -0.2) is 0 Å². The minimum atomic E-state index is -1.33. The number of esters is 1. The van der Waals surface area contributed by atoms with Gasteiger partial charge in [0.1, 0.15) is 18.2 Å². The summed E-state index contributed by atoms with van der Waals surface area (Å²) in [5, 5.41) is 16.0. The Morgan fingerprint density at radius 2 is 1.63 bits per heavy atom. The lowest BCUT2D eigenvalue weighted by Crippen LogP contribution is -2.57. The van der Waals surface area contributed by atoms with Gasteiger partial charge in [-0.05, 0) is 53.3 Å². The molecule has 0 aliphatic carbocycles. The Labute approximate surface area is 315 Å². The van der Waals surface area contributed by atoms with Gasteiger partial charge in [-0.15, -0.1) is 13.2 Å². The van der Waals surface area contributed by atoms with Gasteiger partial charge in [-0.1, -0.05) is 103 Å². The van der Waals surface area contributed by atoms with Gasteiger partial charge < -0.3 is 29.7 Å². The van der Waals surface area contributed by atoms with Crippen LogP contribution in [0.3, 0.4) is 0 Å². The standard InChI is InChI=1S/C44H45N3O7/c1-3-5-20-37(49)53-28-34(30-15-8-6-9-16-30)45-41(50)38-36-23-24-44(54-36)39(38)42(51)47(35(27-48)31-17-10-7-11-18-31)40(44)43(52)46(25-4-2)33-22-21-29-14-12-13-19-32(29)26-33/h3-4,6-19,21-22,26,34-36,38-40,48H,1-2,5,20,23-25,27-28H2,(H,45,50)/t34-,35-,36+,38-,39-,40+,44-/m1/s1. The summed E-state index contributed by atoms with van der Waals surface area (Å²) >= 11 is 0. The number of hydrogen-bond acceptors (Lipinski definition) is 7. The summed E-state index contributed by atoms with van der Waals surface area (Å²) in [6.07, 6.45) is 4.12. The normalized spacial score (nSPS) is 23.7. The van der Waals surface area contributed by atoms with E-state index in [0.717, 1.165) is 16.3 Å². The van der Waals surface area contributed by atoms with Crippen LogP contribution in [0, 0.1) is 11.8 Å². The molecule has 3 saturated heterocycles. The maximum Gasteiger partial charge on any atom is 0.306 e. The molecule has 0 radical (unpaired) electrons. The van der Waals surface area contributed by atoms with Crippen molar-refractivity contribution >= 4 is 40.2 Å². The number of hydrogen-bond donors (Lipinski definition) is 2. The Kier molecular flexibility index (Phi) is 10.8. The molecular formula is C44H45N3O7. The van der Waals surface area contributed by atoms with Crippen molar-refractivity contribution in [2.45, 2.75) is 55.5 Å². The molecule has 3 aliphatic heterocycles. The molecule has 0 aromatic heterocycles. The van der Waals surface area contributed by atoms with Crippen LogP contribution >= 0.6 is 0 Å². The molecule has 2 bridgehead atoms. The second kappa shape index (κ2) is 15.8. The molecule has 3 fully saturated rings. The lowest BCUT2D eigenvalue weighted by Gasteiger charge is -2.39. The fourth-order valence-electron chi connectivity index (χ4n) is 8.62. The maximum atomic E-state index is 15.2. The average molecular weight is 728 g/mol. The molecule has 10 nitrogen and oxygen atoms in total. The lowest BCUT2D eigenvalue weighted by molar-refractivity contribution is -0.146. The molecule has 278 valence electrons. The highest BCUT2D eigenvalue weighted by Crippen LogP contribution is 2.60. The number of rotatable bonds is 15. The van der Waals surface area contributed by atoms with Crippen LogP contribution in [-0.4, -0.2) is 71.2 Å². The van der Waals surface area contributed by atoms with E-state index in [4.69, 9.17) is 9.47 Å². The predicted molar refractivity (Wildman–Crippen MR) is 205 cm³/mol. The van der Waals surface area contributed by atoms with Crippen LogP contribution in [0.25, 0.3) is 10.8 Å². The summed E-state index contributed by atoms with van der Waals surface area (Å²) in [6, 6.07) is 29.2. The number of amides is 3. The van der Waals surface area contributed by atoms with Crippen molar-refractivity contribution in [2.75, 3.05) is 24.7 Å². The third-order valence-corrected chi connectivity index (χ3v) is 11.1. The maximum absolute atomic E-state index is 15.2. The monoisotopic (exact) mass is 727 g/mol. The van der Waals surface area contributed by atoms with E-state index in [1.807, 2.05) is 103 Å². The molecule has 0 unspecified atom stereocenters. The van der Waals surface area contributed by atoms with E-state index in [0.29, 0.717) is 30.5 Å². The van der Waals surface area contributed by atoms with Gasteiger partial charge in [-0.2, -0.15) is 0 Å². The molecule has 10 heteroatoms. The highest BCUT2D eigenvalue weighted by atomic mass is 16.5. The summed E-state index contributed by atoms with van der Waals surface area (Å²) in [4.78, 5) is 60.3. The molecule has 3 amide bonds. The summed E-state index contributed by atoms with van der Waals surface area (Å²) < 4.78 is 12.4. The second-order valence-electron chi connectivity index (χ2n) is 14.2. The Morgan fingerprint density at radius 3 is 2.31 bits per heavy atom. The molecule has 4 aromatic carbocycles. The fraction of sp³-hybridized carbons (Fsp3) is 0.318. The summed E-state index contributed by atoms with van der Waals surface area (Å²) in [7, 11) is 0. The number of nitrogens with one attached hydrogen (secondary N) is 1. The van der Waals surface area contributed by atoms with Crippen LogP contribution in [0.4, 0.5) is 5.69 Å². The first-order chi connectivity index (χ1) is 26.3. The first kappa shape index (κ1) is 36.8. The van der Waals surface area contributed by atoms with Gasteiger partial charge >= 0.3 is 5.97 Å². The molecule has 7 rings (SSSR count). The smallest absolute Gasteiger partial charge is 0.306 e. The Hall–Kier alpha value is -5.58. The number of likely N-dealkylation sites (tertiary alicyclic amines) is 1. The summed E-state index contributed by atoms with van der Waals surface area (Å²) in [5.41, 5.74) is 0.676. The van der Waals surface area contributed by atoms with Gasteiger partial charge in [0.15, 0.2) is 0 Å². The summed E-state index contributed by atoms with van der Waals surface area (Å²) in [6.45, 7) is 7.19. The fourth-order valence-corrected chi connectivity index (χ4v) is 8.62. The van der Waals surface area contributed by atoms with Gasteiger partial charge in [0.2, 0.25) is 11.8 Å². The first-order valence-corrected chi connectivity index (χ1v) is 18.5. The number of aliphatic hydroxyl groups excluding tert-OH is 1. The van der Waals surface area contributed by atoms with Crippen LogP contribution in [0.5, 0.6) is 0 Å². The van der Waals surface area contributed by atoms with Crippen LogP contribution in [0.15, 0.2) is 128 Å². The number of allylic oxidation sites excluding steroid dienone is 1. The highest BCUT2D eigenvalue weighted by molar-refractivity contribution is 6.06. The number of carbonyl (C=O) groups excluding carboxylic acids is 4. The van der Waals surface area contributed by atoms with E-state index < -0.39 is 66.1 Å². The van der Waals surface area contributed by atoms with Gasteiger partial charge in [0.05, 0.1) is 36.6 Å². The van der Waals surface area contributed by atoms with Gasteiger partial charge in [0, 0.05) is 18.7 Å². The van der Waals surface area contributed by atoms with Gasteiger partial charge in [-0.3, -0.25) is 19.2 Å². The molecule has 54 heavy (non-hydrogen) atoms. The second-order valence-corrected chi connectivity index (χ2v) is 14.2. The Bertz CT molecular complexity index is 2040. The molecule has 2 N–H and O–H groups in total. The number of anilines is 1. The number of carbonyl (C=O) groups is 4. The van der Waals surface area contributed by atoms with Crippen molar-refractivity contribution in [1.29, 1.82) is 0 Å². The molecule has 1 spiro atoms. The topological polar surface area (TPSA) is 125 Å². The van der Waals surface area contributed by atoms with Gasteiger partial charge in [0.25, 0.3) is 5.91 Å². The van der Waals surface area contributed by atoms with E-state index in [1.54, 1.807) is 17.1 Å².